The van der Waals surface area contributed by atoms with Crippen molar-refractivity contribution in [3.8, 4) is 0 Å². The van der Waals surface area contributed by atoms with Crippen LogP contribution in [-0.4, -0.2) is 57.4 Å². The highest BCUT2D eigenvalue weighted by molar-refractivity contribution is 7.91. The van der Waals surface area contributed by atoms with E-state index >= 15 is 0 Å². The number of alkyl halides is 3. The van der Waals surface area contributed by atoms with Gasteiger partial charge in [-0.25, -0.2) is 8.42 Å². The molecule has 13 heteroatoms. The Morgan fingerprint density at radius 2 is 1.88 bits per heavy atom. The zero-order chi connectivity index (χ0) is 18.5. The Bertz CT molecular complexity index is 706. The first kappa shape index (κ1) is 20.7. The average molecular weight is 408 g/mol. The fraction of sp³-hybridized carbons (Fsp3) is 0.455. The van der Waals surface area contributed by atoms with Gasteiger partial charge in [-0.05, 0) is 12.1 Å². The van der Waals surface area contributed by atoms with Gasteiger partial charge >= 0.3 is 6.18 Å². The lowest BCUT2D eigenvalue weighted by molar-refractivity contribution is -0.138. The number of nitrogens with one attached hydrogen (secondary N) is 2. The lowest BCUT2D eigenvalue weighted by Gasteiger charge is -2.15. The number of sulfonamides is 1. The van der Waals surface area contributed by atoms with E-state index in [0.29, 0.717) is 0 Å². The summed E-state index contributed by atoms with van der Waals surface area (Å²) in [6, 6.07) is 2.67. The molecule has 0 spiro atoms. The summed E-state index contributed by atoms with van der Waals surface area (Å²) in [4.78, 5) is 22.7. The lowest BCUT2D eigenvalue weighted by Crippen LogP contribution is -2.44. The van der Waals surface area contributed by atoms with Crippen LogP contribution in [0.1, 0.15) is 0 Å². The van der Waals surface area contributed by atoms with Gasteiger partial charge < -0.3 is 10.6 Å². The molecule has 1 rings (SSSR count). The van der Waals surface area contributed by atoms with E-state index in [1.54, 1.807) is 5.32 Å². The molecule has 0 aliphatic carbocycles. The van der Waals surface area contributed by atoms with Crippen LogP contribution in [0.15, 0.2) is 16.3 Å². The Hall–Kier alpha value is -1.37. The van der Waals surface area contributed by atoms with Gasteiger partial charge in [-0.15, -0.1) is 11.3 Å². The minimum atomic E-state index is -4.56. The van der Waals surface area contributed by atoms with Crippen molar-refractivity contribution in [3.05, 3.63) is 16.5 Å². The predicted molar refractivity (Wildman–Crippen MR) is 81.2 cm³/mol. The maximum Gasteiger partial charge on any atom is 0.405 e. The summed E-state index contributed by atoms with van der Waals surface area (Å²) in [5, 5.41) is 3.60. The number of halogens is 4. The molecule has 1 aromatic rings. The second kappa shape index (κ2) is 8.14. The number of carbonyl (C=O) groups excluding carboxylic acids is 2. The van der Waals surface area contributed by atoms with E-state index in [0.717, 1.165) is 22.7 Å². The number of hydrogen-bond donors (Lipinski definition) is 2. The molecule has 136 valence electrons. The van der Waals surface area contributed by atoms with E-state index in [2.05, 4.69) is 0 Å². The van der Waals surface area contributed by atoms with Crippen LogP contribution >= 0.6 is 22.9 Å². The van der Waals surface area contributed by atoms with E-state index in [1.807, 2.05) is 5.32 Å². The topological polar surface area (TPSA) is 95.6 Å². The molecule has 1 heterocycles. The van der Waals surface area contributed by atoms with Crippen LogP contribution in [0.25, 0.3) is 0 Å². The maximum absolute atomic E-state index is 12.1. The van der Waals surface area contributed by atoms with Gasteiger partial charge in [0.05, 0.1) is 17.4 Å². The first-order chi connectivity index (χ1) is 10.9. The fourth-order valence-corrected chi connectivity index (χ4v) is 4.19. The molecule has 0 aliphatic heterocycles. The van der Waals surface area contributed by atoms with Crippen molar-refractivity contribution < 1.29 is 31.2 Å². The van der Waals surface area contributed by atoms with Crippen molar-refractivity contribution in [3.63, 3.8) is 0 Å². The van der Waals surface area contributed by atoms with Crippen molar-refractivity contribution in [1.82, 2.24) is 14.9 Å². The molecule has 24 heavy (non-hydrogen) atoms. The van der Waals surface area contributed by atoms with Crippen molar-refractivity contribution in [2.75, 3.05) is 26.7 Å². The SMILES string of the molecule is CN(CC(=O)NCC(=O)NCC(F)(F)F)S(=O)(=O)c1ccc(Cl)s1. The third-order valence-corrected chi connectivity index (χ3v) is 6.01. The van der Waals surface area contributed by atoms with E-state index in [4.69, 9.17) is 11.6 Å². The summed E-state index contributed by atoms with van der Waals surface area (Å²) in [7, 11) is -2.78. The van der Waals surface area contributed by atoms with E-state index < -0.39 is 47.6 Å². The maximum atomic E-state index is 12.1. The van der Waals surface area contributed by atoms with Gasteiger partial charge in [-0.3, -0.25) is 9.59 Å². The Morgan fingerprint density at radius 3 is 2.38 bits per heavy atom. The van der Waals surface area contributed by atoms with E-state index in [-0.39, 0.29) is 8.55 Å². The van der Waals surface area contributed by atoms with Crippen LogP contribution < -0.4 is 10.6 Å². The number of nitrogens with zero attached hydrogens (tertiary/aromatic N) is 1. The molecule has 2 N–H and O–H groups in total. The normalized spacial score (nSPS) is 12.2. The number of likely N-dealkylation sites (N-methyl/N-ethyl adjacent to an activating group) is 1. The van der Waals surface area contributed by atoms with Gasteiger partial charge in [0.15, 0.2) is 0 Å². The summed E-state index contributed by atoms with van der Waals surface area (Å²) in [6.07, 6.45) is -4.56. The molecule has 0 radical (unpaired) electrons. The second-order valence-electron chi connectivity index (χ2n) is 4.49. The first-order valence-corrected chi connectivity index (χ1v) is 8.87. The van der Waals surface area contributed by atoms with E-state index in [9.17, 15) is 31.2 Å². The van der Waals surface area contributed by atoms with Gasteiger partial charge in [0.2, 0.25) is 11.8 Å². The first-order valence-electron chi connectivity index (χ1n) is 6.23. The van der Waals surface area contributed by atoms with Crippen LogP contribution in [0.4, 0.5) is 13.2 Å². The Morgan fingerprint density at radius 1 is 1.25 bits per heavy atom. The van der Waals surface area contributed by atoms with Crippen molar-refractivity contribution >= 4 is 44.8 Å². The molecule has 0 bridgehead atoms. The average Bonchev–Trinajstić information content (AvgIpc) is 2.89. The van der Waals surface area contributed by atoms with Crippen LogP contribution in [0.3, 0.4) is 0 Å². The summed E-state index contributed by atoms with van der Waals surface area (Å²) >= 11 is 6.47. The third kappa shape index (κ3) is 6.63. The van der Waals surface area contributed by atoms with Gasteiger partial charge in [0.25, 0.3) is 10.0 Å². The molecule has 0 unspecified atom stereocenters. The molecule has 7 nitrogen and oxygen atoms in total. The highest BCUT2D eigenvalue weighted by Gasteiger charge is 2.28. The quantitative estimate of drug-likeness (QED) is 0.699. The van der Waals surface area contributed by atoms with Crippen LogP contribution in [0, 0.1) is 0 Å². The third-order valence-electron chi connectivity index (χ3n) is 2.51. The molecule has 0 atom stereocenters. The Kier molecular flexibility index (Phi) is 7.01. The van der Waals surface area contributed by atoms with Crippen LogP contribution in [-0.2, 0) is 19.6 Å². The Balaban J connectivity index is 2.48. The van der Waals surface area contributed by atoms with Gasteiger partial charge in [0.1, 0.15) is 10.8 Å². The summed E-state index contributed by atoms with van der Waals surface area (Å²) in [5.74, 6) is -1.89. The smallest absolute Gasteiger partial charge is 0.346 e. The monoisotopic (exact) mass is 407 g/mol. The largest absolute Gasteiger partial charge is 0.405 e. The highest BCUT2D eigenvalue weighted by atomic mass is 35.5. The number of amides is 2. The zero-order valence-corrected chi connectivity index (χ0v) is 14.6. The highest BCUT2D eigenvalue weighted by Crippen LogP contribution is 2.27. The van der Waals surface area contributed by atoms with Crippen molar-refractivity contribution in [1.29, 1.82) is 0 Å². The minimum absolute atomic E-state index is 0.0641. The van der Waals surface area contributed by atoms with Crippen molar-refractivity contribution in [2.24, 2.45) is 0 Å². The number of thiophene rings is 1. The summed E-state index contributed by atoms with van der Waals surface area (Å²) in [5.41, 5.74) is 0. The standard InChI is InChI=1S/C11H13ClF3N3O4S2/c1-18(24(21,22)10-3-2-7(12)23-10)5-9(20)16-4-8(19)17-6-11(13,14)15/h2-3H,4-6H2,1H3,(H,16,20)(H,17,19). The number of carbonyl (C=O) groups is 2. The van der Waals surface area contributed by atoms with E-state index in [1.165, 1.54) is 12.1 Å². The summed E-state index contributed by atoms with van der Waals surface area (Å²) in [6.45, 7) is -2.83. The molecular formula is C11H13ClF3N3O4S2. The molecule has 0 fully saturated rings. The number of hydrogen-bond acceptors (Lipinski definition) is 5. The molecule has 0 saturated carbocycles. The molecule has 1 aromatic heterocycles. The van der Waals surface area contributed by atoms with Crippen molar-refractivity contribution in [2.45, 2.75) is 10.4 Å². The molecular weight excluding hydrogens is 395 g/mol. The predicted octanol–water partition coefficient (Wildman–Crippen LogP) is 0.817. The van der Waals surface area contributed by atoms with Gasteiger partial charge in [0, 0.05) is 7.05 Å². The molecule has 0 aromatic carbocycles. The molecule has 2 amide bonds. The number of rotatable bonds is 7. The second-order valence-corrected chi connectivity index (χ2v) is 8.48. The summed E-state index contributed by atoms with van der Waals surface area (Å²) < 4.78 is 60.9. The molecule has 0 saturated heterocycles. The lowest BCUT2D eigenvalue weighted by atomic mass is 10.5. The minimum Gasteiger partial charge on any atom is -0.346 e. The fourth-order valence-electron chi connectivity index (χ4n) is 1.37. The zero-order valence-electron chi connectivity index (χ0n) is 12.2. The van der Waals surface area contributed by atoms with Gasteiger partial charge in [-0.1, -0.05) is 11.6 Å². The van der Waals surface area contributed by atoms with Crippen LogP contribution in [0.5, 0.6) is 0 Å². The van der Waals surface area contributed by atoms with Crippen LogP contribution in [0.2, 0.25) is 4.34 Å². The molecule has 0 aliphatic rings. The van der Waals surface area contributed by atoms with Gasteiger partial charge in [-0.2, -0.15) is 17.5 Å². The Labute approximate surface area is 144 Å².